The SMILES string of the molecule is CCCCc1nc(C(N)CCS(C)(=O)=O)cs1. The highest BCUT2D eigenvalue weighted by atomic mass is 32.2. The Hall–Kier alpha value is -0.460. The molecule has 17 heavy (non-hydrogen) atoms. The number of hydrogen-bond acceptors (Lipinski definition) is 5. The first kappa shape index (κ1) is 14.6. The number of unbranched alkanes of at least 4 members (excludes halogenated alkanes) is 1. The summed E-state index contributed by atoms with van der Waals surface area (Å²) < 4.78 is 22.1. The lowest BCUT2D eigenvalue weighted by Gasteiger charge is -2.07. The van der Waals surface area contributed by atoms with E-state index in [-0.39, 0.29) is 11.8 Å². The smallest absolute Gasteiger partial charge is 0.147 e. The second-order valence-corrected chi connectivity index (χ2v) is 7.50. The largest absolute Gasteiger partial charge is 0.323 e. The van der Waals surface area contributed by atoms with Crippen LogP contribution in [0.15, 0.2) is 5.38 Å². The Kier molecular flexibility index (Phi) is 5.55. The highest BCUT2D eigenvalue weighted by molar-refractivity contribution is 7.90. The van der Waals surface area contributed by atoms with E-state index in [4.69, 9.17) is 5.73 Å². The summed E-state index contributed by atoms with van der Waals surface area (Å²) in [5, 5.41) is 3.04. The molecule has 1 heterocycles. The molecule has 1 aromatic heterocycles. The van der Waals surface area contributed by atoms with Gasteiger partial charge in [0.05, 0.1) is 16.5 Å². The predicted octanol–water partition coefficient (Wildman–Crippen LogP) is 1.92. The van der Waals surface area contributed by atoms with Crippen molar-refractivity contribution in [2.75, 3.05) is 12.0 Å². The standard InChI is InChI=1S/C11H20N2O2S2/c1-3-4-5-11-13-10(8-16-11)9(12)6-7-17(2,14)15/h8-9H,3-7,12H2,1-2H3. The molecule has 4 nitrogen and oxygen atoms in total. The summed E-state index contributed by atoms with van der Waals surface area (Å²) in [6, 6.07) is -0.267. The number of hydrogen-bond donors (Lipinski definition) is 1. The Bertz CT molecular complexity index is 440. The zero-order valence-corrected chi connectivity index (χ0v) is 12.0. The van der Waals surface area contributed by atoms with Gasteiger partial charge in [-0.05, 0) is 19.3 Å². The van der Waals surface area contributed by atoms with Crippen LogP contribution in [-0.4, -0.2) is 25.4 Å². The average Bonchev–Trinajstić information content (AvgIpc) is 2.70. The third-order valence-electron chi connectivity index (χ3n) is 2.49. The van der Waals surface area contributed by atoms with Gasteiger partial charge in [-0.25, -0.2) is 13.4 Å². The quantitative estimate of drug-likeness (QED) is 0.825. The van der Waals surface area contributed by atoms with E-state index in [1.165, 1.54) is 6.26 Å². The Balaban J connectivity index is 2.51. The van der Waals surface area contributed by atoms with Crippen molar-refractivity contribution in [2.24, 2.45) is 5.73 Å². The normalized spacial score (nSPS) is 13.8. The van der Waals surface area contributed by atoms with Gasteiger partial charge in [-0.3, -0.25) is 0 Å². The second kappa shape index (κ2) is 6.47. The van der Waals surface area contributed by atoms with Crippen molar-refractivity contribution < 1.29 is 8.42 Å². The van der Waals surface area contributed by atoms with Crippen molar-refractivity contribution in [3.8, 4) is 0 Å². The lowest BCUT2D eigenvalue weighted by Crippen LogP contribution is -2.16. The maximum atomic E-state index is 11.0. The van der Waals surface area contributed by atoms with E-state index in [1.54, 1.807) is 11.3 Å². The van der Waals surface area contributed by atoms with Crippen molar-refractivity contribution in [3.05, 3.63) is 16.1 Å². The van der Waals surface area contributed by atoms with E-state index in [1.807, 2.05) is 5.38 Å². The summed E-state index contributed by atoms with van der Waals surface area (Å²) >= 11 is 1.61. The first-order chi connectivity index (χ1) is 7.92. The molecule has 0 saturated heterocycles. The summed E-state index contributed by atoms with van der Waals surface area (Å²) in [5.74, 6) is 0.121. The molecule has 0 aliphatic heterocycles. The third kappa shape index (κ3) is 5.61. The molecule has 2 N–H and O–H groups in total. The number of nitrogens with two attached hydrogens (primary N) is 1. The first-order valence-corrected chi connectivity index (χ1v) is 8.74. The lowest BCUT2D eigenvalue weighted by atomic mass is 10.2. The van der Waals surface area contributed by atoms with E-state index in [2.05, 4.69) is 11.9 Å². The molecule has 1 unspecified atom stereocenters. The van der Waals surface area contributed by atoms with Crippen LogP contribution in [0.4, 0.5) is 0 Å². The van der Waals surface area contributed by atoms with Crippen LogP contribution in [0.1, 0.15) is 42.9 Å². The van der Waals surface area contributed by atoms with E-state index in [0.29, 0.717) is 6.42 Å². The summed E-state index contributed by atoms with van der Waals surface area (Å²) in [6.07, 6.45) is 4.93. The van der Waals surface area contributed by atoms with Crippen molar-refractivity contribution in [2.45, 2.75) is 38.6 Å². The van der Waals surface area contributed by atoms with Gasteiger partial charge in [-0.15, -0.1) is 11.3 Å². The van der Waals surface area contributed by atoms with Crippen LogP contribution in [0.3, 0.4) is 0 Å². The summed E-state index contributed by atoms with van der Waals surface area (Å²) in [5.41, 5.74) is 6.75. The van der Waals surface area contributed by atoms with E-state index >= 15 is 0 Å². The lowest BCUT2D eigenvalue weighted by molar-refractivity contribution is 0.590. The van der Waals surface area contributed by atoms with Gasteiger partial charge in [-0.2, -0.15) is 0 Å². The number of sulfone groups is 1. The highest BCUT2D eigenvalue weighted by Crippen LogP contribution is 2.19. The minimum Gasteiger partial charge on any atom is -0.323 e. The maximum Gasteiger partial charge on any atom is 0.147 e. The fourth-order valence-corrected chi connectivity index (χ4v) is 3.01. The van der Waals surface area contributed by atoms with Crippen LogP contribution in [0, 0.1) is 0 Å². The van der Waals surface area contributed by atoms with Crippen molar-refractivity contribution >= 4 is 21.2 Å². The van der Waals surface area contributed by atoms with Crippen molar-refractivity contribution in [1.82, 2.24) is 4.98 Å². The van der Waals surface area contributed by atoms with Crippen LogP contribution >= 0.6 is 11.3 Å². The molecule has 0 radical (unpaired) electrons. The fourth-order valence-electron chi connectivity index (χ4n) is 1.43. The molecule has 0 aliphatic carbocycles. The Morgan fingerprint density at radius 3 is 2.82 bits per heavy atom. The topological polar surface area (TPSA) is 73.0 Å². The Morgan fingerprint density at radius 1 is 1.53 bits per heavy atom. The molecule has 0 aliphatic rings. The Morgan fingerprint density at radius 2 is 2.24 bits per heavy atom. The van der Waals surface area contributed by atoms with Gasteiger partial charge in [0.15, 0.2) is 0 Å². The van der Waals surface area contributed by atoms with Crippen LogP contribution < -0.4 is 5.73 Å². The molecule has 0 spiro atoms. The van der Waals surface area contributed by atoms with Gasteiger partial charge in [0.25, 0.3) is 0 Å². The summed E-state index contributed by atoms with van der Waals surface area (Å²) in [7, 11) is -2.94. The first-order valence-electron chi connectivity index (χ1n) is 5.80. The van der Waals surface area contributed by atoms with E-state index in [0.717, 1.165) is 30.0 Å². The number of aryl methyl sites for hydroxylation is 1. The van der Waals surface area contributed by atoms with Gasteiger partial charge in [0.1, 0.15) is 9.84 Å². The molecule has 0 fully saturated rings. The number of rotatable bonds is 7. The summed E-state index contributed by atoms with van der Waals surface area (Å²) in [6.45, 7) is 2.15. The predicted molar refractivity (Wildman–Crippen MR) is 72.0 cm³/mol. The number of thiazole rings is 1. The molecule has 0 aromatic carbocycles. The number of aromatic nitrogens is 1. The van der Waals surface area contributed by atoms with Gasteiger partial charge in [0, 0.05) is 17.7 Å². The van der Waals surface area contributed by atoms with Crippen LogP contribution in [0.5, 0.6) is 0 Å². The fraction of sp³-hybridized carbons (Fsp3) is 0.727. The molecule has 0 amide bonds. The average molecular weight is 276 g/mol. The van der Waals surface area contributed by atoms with Gasteiger partial charge in [-0.1, -0.05) is 13.3 Å². The van der Waals surface area contributed by atoms with Gasteiger partial charge < -0.3 is 5.73 Å². The molecule has 1 aromatic rings. The van der Waals surface area contributed by atoms with Crippen molar-refractivity contribution in [3.63, 3.8) is 0 Å². The van der Waals surface area contributed by atoms with Gasteiger partial charge in [0.2, 0.25) is 0 Å². The molecule has 0 bridgehead atoms. The maximum absolute atomic E-state index is 11.0. The van der Waals surface area contributed by atoms with Crippen LogP contribution in [0.25, 0.3) is 0 Å². The molecule has 1 atom stereocenters. The van der Waals surface area contributed by atoms with E-state index in [9.17, 15) is 8.42 Å². The van der Waals surface area contributed by atoms with Crippen LogP contribution in [-0.2, 0) is 16.3 Å². The minimum atomic E-state index is -2.94. The highest BCUT2D eigenvalue weighted by Gasteiger charge is 2.13. The zero-order valence-electron chi connectivity index (χ0n) is 10.3. The molecule has 1 rings (SSSR count). The third-order valence-corrected chi connectivity index (χ3v) is 4.40. The van der Waals surface area contributed by atoms with E-state index < -0.39 is 9.84 Å². The van der Waals surface area contributed by atoms with Gasteiger partial charge >= 0.3 is 0 Å². The zero-order chi connectivity index (χ0) is 12.9. The minimum absolute atomic E-state index is 0.121. The molecule has 98 valence electrons. The summed E-state index contributed by atoms with van der Waals surface area (Å²) in [4.78, 5) is 4.45. The number of nitrogens with zero attached hydrogens (tertiary/aromatic N) is 1. The molecular weight excluding hydrogens is 256 g/mol. The molecular formula is C11H20N2O2S2. The van der Waals surface area contributed by atoms with Crippen LogP contribution in [0.2, 0.25) is 0 Å². The Labute approximate surface area is 107 Å². The molecule has 0 saturated carbocycles. The molecule has 6 heteroatoms. The monoisotopic (exact) mass is 276 g/mol. The second-order valence-electron chi connectivity index (χ2n) is 4.29. The van der Waals surface area contributed by atoms with Crippen molar-refractivity contribution in [1.29, 1.82) is 0 Å².